The number of sulfonamides is 1. The zero-order valence-corrected chi connectivity index (χ0v) is 18.5. The van der Waals surface area contributed by atoms with Crippen molar-refractivity contribution in [2.75, 3.05) is 20.8 Å². The summed E-state index contributed by atoms with van der Waals surface area (Å²) in [5.74, 6) is -1.49. The second-order valence-corrected chi connectivity index (χ2v) is 9.98. The first kappa shape index (κ1) is 21.4. The zero-order valence-electron chi connectivity index (χ0n) is 16.9. The molecule has 3 aromatic rings. The third-order valence-electron chi connectivity index (χ3n) is 5.15. The molecule has 1 aliphatic heterocycles. The lowest BCUT2D eigenvalue weighted by Gasteiger charge is -2.23. The summed E-state index contributed by atoms with van der Waals surface area (Å²) in [6.45, 7) is 0.318. The number of carbonyl (C=O) groups is 2. The number of aromatic nitrogens is 1. The molecule has 0 N–H and O–H groups in total. The maximum Gasteiger partial charge on any atom is 0.337 e. The van der Waals surface area contributed by atoms with E-state index in [2.05, 4.69) is 4.98 Å². The van der Waals surface area contributed by atoms with Crippen molar-refractivity contribution < 1.29 is 27.5 Å². The summed E-state index contributed by atoms with van der Waals surface area (Å²) in [4.78, 5) is 28.6. The highest BCUT2D eigenvalue weighted by atomic mass is 32.2. The first-order valence-corrected chi connectivity index (χ1v) is 11.8. The van der Waals surface area contributed by atoms with Gasteiger partial charge in [-0.2, -0.15) is 4.31 Å². The van der Waals surface area contributed by atoms with Crippen LogP contribution in [0.5, 0.6) is 0 Å². The smallest absolute Gasteiger partial charge is 0.337 e. The van der Waals surface area contributed by atoms with Gasteiger partial charge in [0.1, 0.15) is 5.01 Å². The number of nitrogens with zero attached hydrogens (tertiary/aromatic N) is 2. The van der Waals surface area contributed by atoms with Crippen molar-refractivity contribution >= 4 is 43.5 Å². The van der Waals surface area contributed by atoms with Gasteiger partial charge in [-0.05, 0) is 43.2 Å². The minimum atomic E-state index is -4.02. The molecule has 1 atom stereocenters. The monoisotopic (exact) mass is 460 g/mol. The number of rotatable bonds is 5. The van der Waals surface area contributed by atoms with Crippen molar-refractivity contribution in [3.63, 3.8) is 0 Å². The molecule has 1 aliphatic rings. The fraction of sp³-hybridized carbons (Fsp3) is 0.286. The van der Waals surface area contributed by atoms with Crippen LogP contribution in [-0.4, -0.2) is 50.4 Å². The molecule has 0 bridgehead atoms. The van der Waals surface area contributed by atoms with Crippen LogP contribution in [0.3, 0.4) is 0 Å². The molecule has 8 nitrogen and oxygen atoms in total. The molecule has 1 saturated heterocycles. The first-order valence-electron chi connectivity index (χ1n) is 9.54. The topological polar surface area (TPSA) is 103 Å². The van der Waals surface area contributed by atoms with Gasteiger partial charge in [0, 0.05) is 6.54 Å². The van der Waals surface area contributed by atoms with Gasteiger partial charge >= 0.3 is 11.9 Å². The van der Waals surface area contributed by atoms with Gasteiger partial charge in [-0.1, -0.05) is 12.1 Å². The van der Waals surface area contributed by atoms with E-state index in [-0.39, 0.29) is 16.0 Å². The molecular formula is C21H20N2O6S2. The van der Waals surface area contributed by atoms with E-state index in [1.54, 1.807) is 0 Å². The average Bonchev–Trinajstić information content (AvgIpc) is 3.44. The van der Waals surface area contributed by atoms with Crippen LogP contribution in [0, 0.1) is 0 Å². The SMILES string of the molecule is COC(=O)c1cc(C(=O)OC)cc(S(=O)(=O)N2CCC[C@H]2c2nc3ccccc3s2)c1. The Kier molecular flexibility index (Phi) is 5.78. The van der Waals surface area contributed by atoms with Crippen molar-refractivity contribution in [3.8, 4) is 0 Å². The Balaban J connectivity index is 1.77. The number of hydrogen-bond acceptors (Lipinski definition) is 8. The van der Waals surface area contributed by atoms with E-state index in [4.69, 9.17) is 9.47 Å². The molecule has 0 unspecified atom stereocenters. The van der Waals surface area contributed by atoms with Crippen LogP contribution < -0.4 is 0 Å². The third kappa shape index (κ3) is 3.93. The van der Waals surface area contributed by atoms with Crippen molar-refractivity contribution in [1.82, 2.24) is 9.29 Å². The summed E-state index contributed by atoms with van der Waals surface area (Å²) in [7, 11) is -1.65. The number of ether oxygens (including phenoxy) is 2. The van der Waals surface area contributed by atoms with Gasteiger partial charge in [0.15, 0.2) is 0 Å². The molecule has 10 heteroatoms. The van der Waals surface area contributed by atoms with Crippen LogP contribution in [0.2, 0.25) is 0 Å². The van der Waals surface area contributed by atoms with Crippen LogP contribution >= 0.6 is 11.3 Å². The van der Waals surface area contributed by atoms with Crippen LogP contribution in [0.1, 0.15) is 44.6 Å². The lowest BCUT2D eigenvalue weighted by Crippen LogP contribution is -2.31. The standard InChI is InChI=1S/C21H20N2O6S2/c1-28-20(24)13-10-14(21(25)29-2)12-15(11-13)31(26,27)23-9-5-7-17(23)19-22-16-6-3-4-8-18(16)30-19/h3-4,6,8,10-12,17H,5,7,9H2,1-2H3/t17-/m0/s1. The van der Waals surface area contributed by atoms with Gasteiger partial charge in [-0.3, -0.25) is 0 Å². The Labute approximate surface area is 183 Å². The molecule has 2 heterocycles. The molecule has 1 fully saturated rings. The van der Waals surface area contributed by atoms with E-state index < -0.39 is 28.0 Å². The number of methoxy groups -OCH3 is 2. The van der Waals surface area contributed by atoms with Crippen molar-refractivity contribution in [3.05, 3.63) is 58.6 Å². The predicted octanol–water partition coefficient (Wildman–Crippen LogP) is 3.40. The summed E-state index contributed by atoms with van der Waals surface area (Å²) in [5.41, 5.74) is 0.742. The highest BCUT2D eigenvalue weighted by Crippen LogP contribution is 2.40. The number of carbonyl (C=O) groups excluding carboxylic acids is 2. The third-order valence-corrected chi connectivity index (χ3v) is 8.18. The Morgan fingerprint density at radius 3 is 2.32 bits per heavy atom. The quantitative estimate of drug-likeness (QED) is 0.538. The zero-order chi connectivity index (χ0) is 22.2. The lowest BCUT2D eigenvalue weighted by atomic mass is 10.1. The van der Waals surface area contributed by atoms with E-state index in [1.165, 1.54) is 48.1 Å². The maximum absolute atomic E-state index is 13.6. The predicted molar refractivity (Wildman–Crippen MR) is 115 cm³/mol. The second kappa shape index (κ2) is 8.37. The highest BCUT2D eigenvalue weighted by molar-refractivity contribution is 7.89. The fourth-order valence-electron chi connectivity index (χ4n) is 3.66. The lowest BCUT2D eigenvalue weighted by molar-refractivity contribution is 0.0598. The van der Waals surface area contributed by atoms with Crippen molar-refractivity contribution in [2.24, 2.45) is 0 Å². The van der Waals surface area contributed by atoms with Gasteiger partial charge in [-0.25, -0.2) is 23.0 Å². The molecule has 1 aromatic heterocycles. The second-order valence-electron chi connectivity index (χ2n) is 7.02. The fourth-order valence-corrected chi connectivity index (χ4v) is 6.58. The minimum Gasteiger partial charge on any atom is -0.465 e. The Morgan fingerprint density at radius 2 is 1.71 bits per heavy atom. The van der Waals surface area contributed by atoms with Gasteiger partial charge in [-0.15, -0.1) is 11.3 Å². The van der Waals surface area contributed by atoms with E-state index in [0.29, 0.717) is 19.4 Å². The van der Waals surface area contributed by atoms with Crippen molar-refractivity contribution in [2.45, 2.75) is 23.8 Å². The number of thiazole rings is 1. The van der Waals surface area contributed by atoms with E-state index in [1.807, 2.05) is 24.3 Å². The summed E-state index contributed by atoms with van der Waals surface area (Å²) < 4.78 is 38.9. The van der Waals surface area contributed by atoms with Crippen LogP contribution in [0.4, 0.5) is 0 Å². The molecule has 31 heavy (non-hydrogen) atoms. The van der Waals surface area contributed by atoms with Crippen LogP contribution in [0.25, 0.3) is 10.2 Å². The Morgan fingerprint density at radius 1 is 1.06 bits per heavy atom. The number of esters is 2. The van der Waals surface area contributed by atoms with Crippen LogP contribution in [0.15, 0.2) is 47.4 Å². The molecule has 4 rings (SSSR count). The molecule has 0 saturated carbocycles. The first-order chi connectivity index (χ1) is 14.8. The van der Waals surface area contributed by atoms with E-state index >= 15 is 0 Å². The highest BCUT2D eigenvalue weighted by Gasteiger charge is 2.38. The molecule has 2 aromatic carbocycles. The minimum absolute atomic E-state index is 0.0419. The summed E-state index contributed by atoms with van der Waals surface area (Å²) in [6, 6.07) is 10.9. The number of benzene rings is 2. The van der Waals surface area contributed by atoms with Gasteiger partial charge in [0.05, 0.1) is 46.5 Å². The van der Waals surface area contributed by atoms with Crippen LogP contribution in [-0.2, 0) is 19.5 Å². The summed E-state index contributed by atoms with van der Waals surface area (Å²) in [6.07, 6.45) is 1.32. The molecular weight excluding hydrogens is 440 g/mol. The Hall–Kier alpha value is -2.82. The molecule has 0 aliphatic carbocycles. The molecule has 0 radical (unpaired) electrons. The summed E-state index contributed by atoms with van der Waals surface area (Å²) >= 11 is 1.47. The van der Waals surface area contributed by atoms with E-state index in [0.717, 1.165) is 15.2 Å². The molecule has 0 spiro atoms. The molecule has 162 valence electrons. The largest absolute Gasteiger partial charge is 0.465 e. The van der Waals surface area contributed by atoms with Gasteiger partial charge in [0.2, 0.25) is 10.0 Å². The van der Waals surface area contributed by atoms with Gasteiger partial charge < -0.3 is 9.47 Å². The number of hydrogen-bond donors (Lipinski definition) is 0. The average molecular weight is 461 g/mol. The molecule has 0 amide bonds. The van der Waals surface area contributed by atoms with Gasteiger partial charge in [0.25, 0.3) is 0 Å². The normalized spacial score (nSPS) is 17.0. The summed E-state index contributed by atoms with van der Waals surface area (Å²) in [5, 5.41) is 0.722. The van der Waals surface area contributed by atoms with E-state index in [9.17, 15) is 18.0 Å². The van der Waals surface area contributed by atoms with Crippen molar-refractivity contribution in [1.29, 1.82) is 0 Å². The Bertz CT molecular complexity index is 1200. The number of fused-ring (bicyclic) bond motifs is 1. The number of para-hydroxylation sites is 1. The maximum atomic E-state index is 13.6.